The van der Waals surface area contributed by atoms with Crippen molar-refractivity contribution in [3.05, 3.63) is 11.8 Å². The van der Waals surface area contributed by atoms with Gasteiger partial charge >= 0.3 is 0 Å². The Kier molecular flexibility index (Phi) is 5.71. The van der Waals surface area contributed by atoms with Crippen LogP contribution in [0.5, 0.6) is 0 Å². The molecule has 2 aliphatic rings. The lowest BCUT2D eigenvalue weighted by molar-refractivity contribution is -0.112. The summed E-state index contributed by atoms with van der Waals surface area (Å²) in [6, 6.07) is 0. The Balaban J connectivity index is 2.22. The Hall–Kier alpha value is -1.52. The molecule has 6 N–H and O–H groups in total. The summed E-state index contributed by atoms with van der Waals surface area (Å²) in [4.78, 5) is 17.1. The Bertz CT molecular complexity index is 509. The summed E-state index contributed by atoms with van der Waals surface area (Å²) < 4.78 is 5.46. The van der Waals surface area contributed by atoms with Crippen LogP contribution < -0.4 is 5.73 Å². The number of aliphatic hydroxyl groups excluding tert-OH is 4. The predicted molar refractivity (Wildman–Crippen MR) is 80.1 cm³/mol. The molecule has 9 heteroatoms. The topological polar surface area (TPSA) is 149 Å². The summed E-state index contributed by atoms with van der Waals surface area (Å²) in [5.41, 5.74) is 5.69. The van der Waals surface area contributed by atoms with Gasteiger partial charge in [-0.1, -0.05) is 13.0 Å². The number of ether oxygens (including phenoxy) is 1. The molecule has 0 aliphatic carbocycles. The summed E-state index contributed by atoms with van der Waals surface area (Å²) in [7, 11) is 0. The van der Waals surface area contributed by atoms with Crippen LogP contribution >= 0.6 is 0 Å². The third-order valence-electron chi connectivity index (χ3n) is 4.05. The number of hydrogen-bond acceptors (Lipinski definition) is 8. The second kappa shape index (κ2) is 7.37. The molecule has 0 bridgehead atoms. The molecule has 0 spiro atoms. The first-order chi connectivity index (χ1) is 10.9. The summed E-state index contributed by atoms with van der Waals surface area (Å²) in [6.45, 7) is 1.41. The van der Waals surface area contributed by atoms with E-state index < -0.39 is 43.2 Å². The van der Waals surface area contributed by atoms with E-state index >= 15 is 0 Å². The number of primary amides is 1. The summed E-state index contributed by atoms with van der Waals surface area (Å²) in [5, 5.41) is 38.8. The van der Waals surface area contributed by atoms with Gasteiger partial charge in [-0.05, 0) is 12.8 Å². The number of hydrogen-bond donors (Lipinski definition) is 5. The molecule has 0 radical (unpaired) electrons. The highest BCUT2D eigenvalue weighted by Crippen LogP contribution is 2.29. The van der Waals surface area contributed by atoms with Crippen molar-refractivity contribution in [3.63, 3.8) is 0 Å². The van der Waals surface area contributed by atoms with Crippen LogP contribution in [-0.4, -0.2) is 80.9 Å². The number of nitrogens with two attached hydrogens (primary N) is 1. The van der Waals surface area contributed by atoms with Gasteiger partial charge in [0.15, 0.2) is 6.23 Å². The SMILES string of the molecule is CCC(O)CC=C1C(C(N)=O)=NCN1[C@@H]1O[C@H](CO)[C@@H](O)[C@H]1O. The largest absolute Gasteiger partial charge is 0.394 e. The maximum atomic E-state index is 11.5. The Labute approximate surface area is 133 Å². The van der Waals surface area contributed by atoms with Crippen molar-refractivity contribution in [2.24, 2.45) is 10.7 Å². The van der Waals surface area contributed by atoms with E-state index in [2.05, 4.69) is 4.99 Å². The van der Waals surface area contributed by atoms with Crippen LogP contribution in [0.15, 0.2) is 16.8 Å². The fraction of sp³-hybridized carbons (Fsp3) is 0.714. The quantitative estimate of drug-likeness (QED) is 0.367. The molecule has 5 atom stereocenters. The van der Waals surface area contributed by atoms with Gasteiger partial charge in [0.05, 0.1) is 18.4 Å². The minimum atomic E-state index is -1.27. The Morgan fingerprint density at radius 1 is 1.52 bits per heavy atom. The average Bonchev–Trinajstić information content (AvgIpc) is 3.07. The van der Waals surface area contributed by atoms with E-state index in [-0.39, 0.29) is 18.8 Å². The van der Waals surface area contributed by atoms with E-state index in [0.717, 1.165) is 0 Å². The predicted octanol–water partition coefficient (Wildman–Crippen LogP) is -2.33. The van der Waals surface area contributed by atoms with E-state index in [1.165, 1.54) is 4.90 Å². The van der Waals surface area contributed by atoms with Gasteiger partial charge in [0, 0.05) is 0 Å². The van der Waals surface area contributed by atoms with Crippen molar-refractivity contribution in [1.82, 2.24) is 4.90 Å². The first-order valence-corrected chi connectivity index (χ1v) is 7.52. The first-order valence-electron chi connectivity index (χ1n) is 7.52. The Morgan fingerprint density at radius 3 is 2.74 bits per heavy atom. The fourth-order valence-electron chi connectivity index (χ4n) is 2.63. The molecular formula is C14H23N3O6. The number of amides is 1. The summed E-state index contributed by atoms with van der Waals surface area (Å²) in [6.07, 6.45) is -2.55. The minimum absolute atomic E-state index is 0.0267. The van der Waals surface area contributed by atoms with E-state index in [1.54, 1.807) is 6.08 Å². The van der Waals surface area contributed by atoms with Crippen molar-refractivity contribution in [2.45, 2.75) is 50.4 Å². The highest BCUT2D eigenvalue weighted by atomic mass is 16.6. The van der Waals surface area contributed by atoms with Gasteiger partial charge in [-0.15, -0.1) is 0 Å². The number of aliphatic hydroxyl groups is 4. The molecule has 23 heavy (non-hydrogen) atoms. The summed E-state index contributed by atoms with van der Waals surface area (Å²) in [5.74, 6) is -0.725. The van der Waals surface area contributed by atoms with Crippen molar-refractivity contribution in [3.8, 4) is 0 Å². The molecule has 2 aliphatic heterocycles. The molecule has 130 valence electrons. The monoisotopic (exact) mass is 329 g/mol. The lowest BCUT2D eigenvalue weighted by Gasteiger charge is -2.28. The smallest absolute Gasteiger partial charge is 0.269 e. The van der Waals surface area contributed by atoms with Crippen LogP contribution in [0.4, 0.5) is 0 Å². The first kappa shape index (κ1) is 17.8. The lowest BCUT2D eigenvalue weighted by atomic mass is 10.1. The fourth-order valence-corrected chi connectivity index (χ4v) is 2.63. The van der Waals surface area contributed by atoms with Gasteiger partial charge in [0.1, 0.15) is 30.7 Å². The van der Waals surface area contributed by atoms with Crippen LogP contribution in [0.3, 0.4) is 0 Å². The van der Waals surface area contributed by atoms with E-state index in [1.807, 2.05) is 6.92 Å². The van der Waals surface area contributed by atoms with Gasteiger partial charge < -0.3 is 35.8 Å². The normalized spacial score (nSPS) is 34.0. The molecule has 0 aromatic heterocycles. The zero-order chi connectivity index (χ0) is 17.1. The van der Waals surface area contributed by atoms with Crippen LogP contribution in [0.25, 0.3) is 0 Å². The molecule has 1 saturated heterocycles. The molecule has 1 amide bonds. The third kappa shape index (κ3) is 3.54. The maximum absolute atomic E-state index is 11.5. The zero-order valence-electron chi connectivity index (χ0n) is 12.9. The van der Waals surface area contributed by atoms with Gasteiger partial charge in [-0.2, -0.15) is 0 Å². The number of rotatable bonds is 6. The van der Waals surface area contributed by atoms with Gasteiger partial charge in [0.2, 0.25) is 0 Å². The van der Waals surface area contributed by atoms with E-state index in [9.17, 15) is 20.1 Å². The van der Waals surface area contributed by atoms with Gasteiger partial charge in [0.25, 0.3) is 5.91 Å². The standard InChI is InChI=1S/C14H23N3O6/c1-2-7(19)3-4-8-10(13(15)22)16-6-17(8)14-12(21)11(20)9(5-18)23-14/h4,7,9,11-12,14,18-21H,2-3,5-6H2,1H3,(H2,15,22)/t7?,9-,11-,12-,14-/m1/s1. The van der Waals surface area contributed by atoms with Crippen molar-refractivity contribution < 1.29 is 30.0 Å². The molecular weight excluding hydrogens is 306 g/mol. The summed E-state index contributed by atoms with van der Waals surface area (Å²) >= 11 is 0. The van der Waals surface area contributed by atoms with Crippen molar-refractivity contribution in [1.29, 1.82) is 0 Å². The number of aliphatic imine (C=N–C) groups is 1. The molecule has 1 fully saturated rings. The van der Waals surface area contributed by atoms with Gasteiger partial charge in [-0.3, -0.25) is 9.79 Å². The average molecular weight is 329 g/mol. The highest BCUT2D eigenvalue weighted by Gasteiger charge is 2.47. The van der Waals surface area contributed by atoms with Crippen LogP contribution in [0.2, 0.25) is 0 Å². The molecule has 0 saturated carbocycles. The zero-order valence-corrected chi connectivity index (χ0v) is 12.9. The molecule has 0 aromatic carbocycles. The van der Waals surface area contributed by atoms with Crippen molar-refractivity contribution in [2.75, 3.05) is 13.3 Å². The van der Waals surface area contributed by atoms with E-state index in [0.29, 0.717) is 12.1 Å². The highest BCUT2D eigenvalue weighted by molar-refractivity contribution is 6.45. The van der Waals surface area contributed by atoms with Gasteiger partial charge in [-0.25, -0.2) is 0 Å². The number of carbonyl (C=O) groups excluding carboxylic acids is 1. The maximum Gasteiger partial charge on any atom is 0.269 e. The van der Waals surface area contributed by atoms with Crippen molar-refractivity contribution >= 4 is 11.6 Å². The van der Waals surface area contributed by atoms with Crippen LogP contribution in [0, 0.1) is 0 Å². The van der Waals surface area contributed by atoms with Crippen LogP contribution in [0.1, 0.15) is 19.8 Å². The molecule has 1 unspecified atom stereocenters. The molecule has 9 nitrogen and oxygen atoms in total. The third-order valence-corrected chi connectivity index (χ3v) is 4.05. The Morgan fingerprint density at radius 2 is 2.22 bits per heavy atom. The number of carbonyl (C=O) groups is 1. The van der Waals surface area contributed by atoms with E-state index in [4.69, 9.17) is 15.6 Å². The minimum Gasteiger partial charge on any atom is -0.394 e. The second-order valence-electron chi connectivity index (χ2n) is 5.60. The van der Waals surface area contributed by atoms with Crippen LogP contribution in [-0.2, 0) is 9.53 Å². The number of nitrogens with zero attached hydrogens (tertiary/aromatic N) is 2. The molecule has 2 heterocycles. The molecule has 0 aromatic rings. The second-order valence-corrected chi connectivity index (χ2v) is 5.60. The molecule has 2 rings (SSSR count). The lowest BCUT2D eigenvalue weighted by Crippen LogP contribution is -2.43.